The molecule has 0 unspecified atom stereocenters. The third-order valence-corrected chi connectivity index (χ3v) is 0.510. The quantitative estimate of drug-likeness (QED) is 0.288. The van der Waals surface area contributed by atoms with Crippen LogP contribution in [0, 0.1) is 5.92 Å². The van der Waals surface area contributed by atoms with Crippen molar-refractivity contribution in [2.24, 2.45) is 11.0 Å². The van der Waals surface area contributed by atoms with Crippen LogP contribution in [-0.2, 0) is 0 Å². The molecule has 0 aromatic heterocycles. The molecule has 0 radical (unpaired) electrons. The average molecular weight is 99.1 g/mol. The van der Waals surface area contributed by atoms with E-state index in [9.17, 15) is 0 Å². The van der Waals surface area contributed by atoms with Crippen molar-refractivity contribution in [3.63, 3.8) is 0 Å². The fourth-order valence-corrected chi connectivity index (χ4v) is 0.200. The van der Waals surface area contributed by atoms with Crippen LogP contribution >= 0.6 is 0 Å². The Morgan fingerprint density at radius 2 is 2.29 bits per heavy atom. The molecule has 0 amide bonds. The van der Waals surface area contributed by atoms with Gasteiger partial charge in [0.1, 0.15) is 0 Å². The molecular weight excluding hydrogens is 90.1 g/mol. The second-order valence-corrected chi connectivity index (χ2v) is 1.81. The van der Waals surface area contributed by atoms with Gasteiger partial charge in [-0.25, -0.2) is 0 Å². The maximum absolute atomic E-state index is 7.77. The van der Waals surface area contributed by atoms with Crippen molar-refractivity contribution in [1.82, 2.24) is 0 Å². The van der Waals surface area contributed by atoms with Crippen LogP contribution in [0.25, 0.3) is 10.4 Å². The molecule has 0 spiro atoms. The molecule has 0 atom stereocenters. The zero-order chi connectivity index (χ0) is 5.70. The van der Waals surface area contributed by atoms with Crippen molar-refractivity contribution in [2.45, 2.75) is 13.8 Å². The lowest BCUT2D eigenvalue weighted by molar-refractivity contribution is 0.661. The summed E-state index contributed by atoms with van der Waals surface area (Å²) in [6.45, 7) is 4.62. The van der Waals surface area contributed by atoms with E-state index >= 15 is 0 Å². The van der Waals surface area contributed by atoms with Crippen molar-refractivity contribution in [2.75, 3.05) is 6.54 Å². The van der Waals surface area contributed by atoms with E-state index < -0.39 is 0 Å². The van der Waals surface area contributed by atoms with Gasteiger partial charge in [-0.1, -0.05) is 19.0 Å². The Kier molecular flexibility index (Phi) is 3.15. The Hall–Kier alpha value is -0.690. The lowest BCUT2D eigenvalue weighted by Gasteiger charge is -1.91. The van der Waals surface area contributed by atoms with Crippen LogP contribution in [0.15, 0.2) is 5.11 Å². The summed E-state index contributed by atoms with van der Waals surface area (Å²) < 4.78 is 0. The highest BCUT2D eigenvalue weighted by Crippen LogP contribution is 1.89. The molecule has 0 bridgehead atoms. The van der Waals surface area contributed by atoms with Gasteiger partial charge in [-0.05, 0) is 11.4 Å². The molecule has 0 aromatic carbocycles. The highest BCUT2D eigenvalue weighted by atomic mass is 15.1. The Labute approximate surface area is 43.0 Å². The Morgan fingerprint density at radius 1 is 1.71 bits per heavy atom. The number of hydrogen-bond acceptors (Lipinski definition) is 1. The van der Waals surface area contributed by atoms with Crippen LogP contribution < -0.4 is 0 Å². The summed E-state index contributed by atoms with van der Waals surface area (Å²) in [4.78, 5) is 2.60. The fraction of sp³-hybridized carbons (Fsp3) is 1.00. The number of nitrogens with zero attached hydrogens (tertiary/aromatic N) is 3. The molecule has 40 valence electrons. The molecule has 0 saturated heterocycles. The molecule has 0 rings (SSSR count). The van der Waals surface area contributed by atoms with E-state index in [0.717, 1.165) is 0 Å². The molecule has 3 heteroatoms. The van der Waals surface area contributed by atoms with Crippen molar-refractivity contribution in [1.29, 1.82) is 0 Å². The molecule has 0 aliphatic rings. The molecular formula is C4H9N3. The minimum atomic E-state index is 0.482. The topological polar surface area (TPSA) is 48.8 Å². The minimum Gasteiger partial charge on any atom is -0.0937 e. The largest absolute Gasteiger partial charge is 0.0937 e. The second-order valence-electron chi connectivity index (χ2n) is 1.81. The van der Waals surface area contributed by atoms with Crippen LogP contribution in [0.4, 0.5) is 0 Å². The Bertz CT molecular complexity index is 80.9. The summed E-state index contributed by atoms with van der Waals surface area (Å²) in [7, 11) is 0. The van der Waals surface area contributed by atoms with Crippen LogP contribution in [0.3, 0.4) is 0 Å². The smallest absolute Gasteiger partial charge is 0.0281 e. The molecule has 0 aromatic rings. The van der Waals surface area contributed by atoms with E-state index in [-0.39, 0.29) is 0 Å². The van der Waals surface area contributed by atoms with E-state index in [0.29, 0.717) is 12.5 Å². The Morgan fingerprint density at radius 3 is 2.43 bits per heavy atom. The first-order valence-corrected chi connectivity index (χ1v) is 2.28. The van der Waals surface area contributed by atoms with Gasteiger partial charge in [-0.15, -0.1) is 0 Å². The van der Waals surface area contributed by atoms with E-state index in [1.54, 1.807) is 0 Å². The predicted molar refractivity (Wildman–Crippen MR) is 28.9 cm³/mol. The molecule has 0 saturated carbocycles. The second kappa shape index (κ2) is 3.50. The monoisotopic (exact) mass is 99.1 g/mol. The lowest BCUT2D eigenvalue weighted by Crippen LogP contribution is -1.88. The van der Waals surface area contributed by atoms with Crippen molar-refractivity contribution < 1.29 is 0 Å². The average Bonchev–Trinajstić information content (AvgIpc) is 1.61. The predicted octanol–water partition coefficient (Wildman–Crippen LogP) is 1.95. The van der Waals surface area contributed by atoms with Crippen LogP contribution in [0.2, 0.25) is 0 Å². The molecule has 0 aliphatic carbocycles. The first-order chi connectivity index (χ1) is 3.27. The number of hydrogen-bond donors (Lipinski definition) is 0. The van der Waals surface area contributed by atoms with Gasteiger partial charge in [0, 0.05) is 11.5 Å². The van der Waals surface area contributed by atoms with Gasteiger partial charge in [0.05, 0.1) is 0 Å². The lowest BCUT2D eigenvalue weighted by atomic mass is 10.2. The molecule has 0 heterocycles. The summed E-state index contributed by atoms with van der Waals surface area (Å²) in [6.07, 6.45) is 0. The van der Waals surface area contributed by atoms with E-state index in [1.807, 2.05) is 13.8 Å². The van der Waals surface area contributed by atoms with Gasteiger partial charge in [0.15, 0.2) is 0 Å². The maximum atomic E-state index is 7.77. The zero-order valence-electron chi connectivity index (χ0n) is 4.63. The summed E-state index contributed by atoms with van der Waals surface area (Å²) in [5.41, 5.74) is 7.77. The first-order valence-electron chi connectivity index (χ1n) is 2.28. The third-order valence-electron chi connectivity index (χ3n) is 0.510. The van der Waals surface area contributed by atoms with Crippen LogP contribution in [-0.4, -0.2) is 6.54 Å². The third kappa shape index (κ3) is 5.31. The van der Waals surface area contributed by atoms with Crippen LogP contribution in [0.5, 0.6) is 0 Å². The summed E-state index contributed by atoms with van der Waals surface area (Å²) in [5.74, 6) is 0.482. The van der Waals surface area contributed by atoms with Crippen molar-refractivity contribution >= 4 is 0 Å². The van der Waals surface area contributed by atoms with Gasteiger partial charge in [0.25, 0.3) is 0 Å². The molecule has 0 aliphatic heterocycles. The number of rotatable bonds is 2. The highest BCUT2D eigenvalue weighted by Gasteiger charge is 1.85. The fourth-order valence-electron chi connectivity index (χ4n) is 0.200. The van der Waals surface area contributed by atoms with Crippen molar-refractivity contribution in [3.05, 3.63) is 10.4 Å². The van der Waals surface area contributed by atoms with Crippen LogP contribution in [0.1, 0.15) is 13.8 Å². The van der Waals surface area contributed by atoms with Crippen molar-refractivity contribution in [3.8, 4) is 0 Å². The Balaban J connectivity index is 3.13. The first kappa shape index (κ1) is 6.31. The van der Waals surface area contributed by atoms with Gasteiger partial charge in [-0.2, -0.15) is 0 Å². The maximum Gasteiger partial charge on any atom is 0.0281 e. The summed E-state index contributed by atoms with van der Waals surface area (Å²) in [5, 5.41) is 3.35. The normalized spacial score (nSPS) is 8.43. The molecule has 3 nitrogen and oxygen atoms in total. The standard InChI is InChI=1S/C4H9N3/c1-4(2)3-6-7-5/h4H,3H2,1-2H3. The van der Waals surface area contributed by atoms with E-state index in [1.165, 1.54) is 0 Å². The molecule has 7 heavy (non-hydrogen) atoms. The van der Waals surface area contributed by atoms with Gasteiger partial charge >= 0.3 is 0 Å². The van der Waals surface area contributed by atoms with E-state index in [4.69, 9.17) is 5.53 Å². The minimum absolute atomic E-state index is 0.482. The van der Waals surface area contributed by atoms with Gasteiger partial charge in [-0.3, -0.25) is 0 Å². The van der Waals surface area contributed by atoms with Gasteiger partial charge in [0.2, 0.25) is 0 Å². The van der Waals surface area contributed by atoms with Gasteiger partial charge < -0.3 is 0 Å². The molecule has 0 fully saturated rings. The summed E-state index contributed by atoms with van der Waals surface area (Å²) in [6, 6.07) is 0. The highest BCUT2D eigenvalue weighted by molar-refractivity contribution is 4.48. The van der Waals surface area contributed by atoms with E-state index in [2.05, 4.69) is 10.0 Å². The molecule has 0 N–H and O–H groups in total. The number of azide groups is 1. The SMILES string of the molecule is CC(C)CN=[N+]=[N-]. The zero-order valence-corrected chi connectivity index (χ0v) is 4.63. The summed E-state index contributed by atoms with van der Waals surface area (Å²) >= 11 is 0.